The predicted octanol–water partition coefficient (Wildman–Crippen LogP) is 5.01. The highest BCUT2D eigenvalue weighted by Gasteiger charge is 2.15. The van der Waals surface area contributed by atoms with Crippen molar-refractivity contribution in [1.29, 1.82) is 0 Å². The van der Waals surface area contributed by atoms with Crippen LogP contribution < -0.4 is 5.32 Å². The van der Waals surface area contributed by atoms with Crippen LogP contribution in [0.5, 0.6) is 0 Å². The van der Waals surface area contributed by atoms with Gasteiger partial charge in [0.1, 0.15) is 5.52 Å². The maximum absolute atomic E-state index is 11.0. The minimum Gasteiger partial charge on any atom is -0.423 e. The van der Waals surface area contributed by atoms with Gasteiger partial charge in [0.05, 0.1) is 15.1 Å². The maximum atomic E-state index is 11.0. The Morgan fingerprint density at radius 2 is 1.96 bits per heavy atom. The highest BCUT2D eigenvalue weighted by Crippen LogP contribution is 2.34. The van der Waals surface area contributed by atoms with Crippen molar-refractivity contribution in [1.82, 2.24) is 9.97 Å². The molecule has 0 amide bonds. The van der Waals surface area contributed by atoms with E-state index in [0.29, 0.717) is 11.1 Å². The van der Waals surface area contributed by atoms with E-state index in [-0.39, 0.29) is 5.69 Å². The molecule has 4 rings (SSSR count). The van der Waals surface area contributed by atoms with Crippen molar-refractivity contribution in [2.24, 2.45) is 0 Å². The number of benzene rings is 2. The number of nitrogens with one attached hydrogen (secondary N) is 1. The van der Waals surface area contributed by atoms with Gasteiger partial charge in [0.2, 0.25) is 0 Å². The second-order valence-corrected chi connectivity index (χ2v) is 6.92. The molecule has 126 valence electrons. The fourth-order valence-electron chi connectivity index (χ4n) is 2.70. The Morgan fingerprint density at radius 1 is 1.16 bits per heavy atom. The summed E-state index contributed by atoms with van der Waals surface area (Å²) in [6.07, 6.45) is 0. The van der Waals surface area contributed by atoms with E-state index >= 15 is 0 Å². The van der Waals surface area contributed by atoms with Gasteiger partial charge in [-0.25, -0.2) is 4.98 Å². The SMILES string of the molecule is Cc1ccc2nc(Nc3nc4c(C)cc([N+](=O)[O-])cc4s3)oc2c1C. The van der Waals surface area contributed by atoms with Crippen molar-refractivity contribution in [2.45, 2.75) is 20.8 Å². The number of fused-ring (bicyclic) bond motifs is 2. The number of nitro benzene ring substituents is 1. The van der Waals surface area contributed by atoms with Crippen LogP contribution in [0.25, 0.3) is 21.3 Å². The Balaban J connectivity index is 1.74. The van der Waals surface area contributed by atoms with Crippen LogP contribution >= 0.6 is 11.3 Å². The third-order valence-electron chi connectivity index (χ3n) is 4.17. The number of rotatable bonds is 3. The molecule has 0 spiro atoms. The lowest BCUT2D eigenvalue weighted by molar-refractivity contribution is -0.384. The standard InChI is InChI=1S/C17H14N4O3S/c1-8-4-5-12-15(10(8)3)24-16(18-12)20-17-19-14-9(2)6-11(21(22)23)7-13(14)25-17/h4-7H,1-3H3,(H,18,19,20). The third kappa shape index (κ3) is 2.60. The number of thiazole rings is 1. The summed E-state index contributed by atoms with van der Waals surface area (Å²) in [5.41, 5.74) is 5.27. The lowest BCUT2D eigenvalue weighted by Crippen LogP contribution is -1.89. The lowest BCUT2D eigenvalue weighted by atomic mass is 10.1. The Labute approximate surface area is 146 Å². The number of non-ortho nitro benzene ring substituents is 1. The zero-order valence-electron chi connectivity index (χ0n) is 13.8. The molecule has 0 aliphatic heterocycles. The van der Waals surface area contributed by atoms with E-state index in [1.54, 1.807) is 0 Å². The second-order valence-electron chi connectivity index (χ2n) is 5.89. The monoisotopic (exact) mass is 354 g/mol. The first-order valence-electron chi connectivity index (χ1n) is 7.62. The fourth-order valence-corrected chi connectivity index (χ4v) is 3.67. The van der Waals surface area contributed by atoms with Crippen molar-refractivity contribution >= 4 is 49.5 Å². The molecule has 1 N–H and O–H groups in total. The molecule has 0 atom stereocenters. The highest BCUT2D eigenvalue weighted by molar-refractivity contribution is 7.22. The van der Waals surface area contributed by atoms with E-state index in [4.69, 9.17) is 4.42 Å². The van der Waals surface area contributed by atoms with Gasteiger partial charge >= 0.3 is 6.01 Å². The molecule has 0 saturated carbocycles. The molecule has 25 heavy (non-hydrogen) atoms. The molecule has 2 heterocycles. The molecule has 4 aromatic rings. The Hall–Kier alpha value is -3.00. The van der Waals surface area contributed by atoms with Gasteiger partial charge in [0.15, 0.2) is 10.7 Å². The molecular formula is C17H14N4O3S. The smallest absolute Gasteiger partial charge is 0.302 e. The molecule has 2 aromatic carbocycles. The van der Waals surface area contributed by atoms with Crippen LogP contribution in [0.3, 0.4) is 0 Å². The van der Waals surface area contributed by atoms with Crippen molar-refractivity contribution in [3.63, 3.8) is 0 Å². The summed E-state index contributed by atoms with van der Waals surface area (Å²) in [7, 11) is 0. The van der Waals surface area contributed by atoms with Gasteiger partial charge < -0.3 is 4.42 Å². The normalized spacial score (nSPS) is 11.3. The van der Waals surface area contributed by atoms with Gasteiger partial charge in [-0.05, 0) is 43.5 Å². The molecule has 0 unspecified atom stereocenters. The van der Waals surface area contributed by atoms with Gasteiger partial charge in [-0.3, -0.25) is 15.4 Å². The molecule has 7 nitrogen and oxygen atoms in total. The van der Waals surface area contributed by atoms with Crippen LogP contribution in [0.2, 0.25) is 0 Å². The molecule has 0 aliphatic carbocycles. The fraction of sp³-hybridized carbons (Fsp3) is 0.176. The summed E-state index contributed by atoms with van der Waals surface area (Å²) in [6.45, 7) is 5.82. The topological polar surface area (TPSA) is 94.1 Å². The first kappa shape index (κ1) is 15.5. The first-order valence-corrected chi connectivity index (χ1v) is 8.43. The van der Waals surface area contributed by atoms with Gasteiger partial charge in [-0.15, -0.1) is 0 Å². The number of hydrogen-bond donors (Lipinski definition) is 1. The highest BCUT2D eigenvalue weighted by atomic mass is 32.1. The third-order valence-corrected chi connectivity index (χ3v) is 5.09. The average Bonchev–Trinajstić information content (AvgIpc) is 3.15. The minimum atomic E-state index is -0.398. The van der Waals surface area contributed by atoms with Gasteiger partial charge in [0.25, 0.3) is 5.69 Å². The van der Waals surface area contributed by atoms with E-state index in [1.165, 1.54) is 23.5 Å². The van der Waals surface area contributed by atoms with Crippen molar-refractivity contribution in [3.8, 4) is 0 Å². The number of nitro groups is 1. The predicted molar refractivity (Wildman–Crippen MR) is 97.8 cm³/mol. The van der Waals surface area contributed by atoms with Crippen molar-refractivity contribution < 1.29 is 9.34 Å². The zero-order valence-corrected chi connectivity index (χ0v) is 14.6. The van der Waals surface area contributed by atoms with E-state index in [9.17, 15) is 10.1 Å². The molecule has 0 fully saturated rings. The summed E-state index contributed by atoms with van der Waals surface area (Å²) in [6, 6.07) is 7.33. The summed E-state index contributed by atoms with van der Waals surface area (Å²) < 4.78 is 6.56. The van der Waals surface area contributed by atoms with Crippen LogP contribution in [0, 0.1) is 30.9 Å². The van der Waals surface area contributed by atoms with Crippen molar-refractivity contribution in [2.75, 3.05) is 5.32 Å². The van der Waals surface area contributed by atoms with E-state index < -0.39 is 4.92 Å². The quantitative estimate of drug-likeness (QED) is 0.410. The van der Waals surface area contributed by atoms with Crippen LogP contribution in [0.15, 0.2) is 28.7 Å². The van der Waals surface area contributed by atoms with Crippen LogP contribution in [-0.4, -0.2) is 14.9 Å². The average molecular weight is 354 g/mol. The summed E-state index contributed by atoms with van der Waals surface area (Å²) in [5, 5.41) is 14.7. The number of hydrogen-bond acceptors (Lipinski definition) is 7. The largest absolute Gasteiger partial charge is 0.423 e. The summed E-state index contributed by atoms with van der Waals surface area (Å²) >= 11 is 1.33. The zero-order chi connectivity index (χ0) is 17.7. The van der Waals surface area contributed by atoms with Crippen LogP contribution in [-0.2, 0) is 0 Å². The molecule has 8 heteroatoms. The number of anilines is 2. The molecule has 0 aliphatic rings. The van der Waals surface area contributed by atoms with Crippen LogP contribution in [0.4, 0.5) is 16.8 Å². The number of aryl methyl sites for hydroxylation is 3. The van der Waals surface area contributed by atoms with E-state index in [1.807, 2.05) is 32.9 Å². The molecule has 0 saturated heterocycles. The molecule has 0 bridgehead atoms. The van der Waals surface area contributed by atoms with E-state index in [2.05, 4.69) is 15.3 Å². The van der Waals surface area contributed by atoms with Gasteiger partial charge in [-0.2, -0.15) is 4.98 Å². The summed E-state index contributed by atoms with van der Waals surface area (Å²) in [5.74, 6) is 0. The number of oxazole rings is 1. The Morgan fingerprint density at radius 3 is 2.72 bits per heavy atom. The Bertz CT molecular complexity index is 1150. The number of nitrogens with zero attached hydrogens (tertiary/aromatic N) is 3. The minimum absolute atomic E-state index is 0.0631. The summed E-state index contributed by atoms with van der Waals surface area (Å²) in [4.78, 5) is 19.5. The lowest BCUT2D eigenvalue weighted by Gasteiger charge is -1.97. The maximum Gasteiger partial charge on any atom is 0.302 e. The molecule has 0 radical (unpaired) electrons. The van der Waals surface area contributed by atoms with Crippen LogP contribution in [0.1, 0.15) is 16.7 Å². The molecular weight excluding hydrogens is 340 g/mol. The van der Waals surface area contributed by atoms with E-state index in [0.717, 1.165) is 38.0 Å². The van der Waals surface area contributed by atoms with Crippen molar-refractivity contribution in [3.05, 3.63) is 51.1 Å². The second kappa shape index (κ2) is 5.52. The Kier molecular flexibility index (Phi) is 3.43. The molecule has 2 aromatic heterocycles. The van der Waals surface area contributed by atoms with Gasteiger partial charge in [0, 0.05) is 12.1 Å². The van der Waals surface area contributed by atoms with Gasteiger partial charge in [-0.1, -0.05) is 17.4 Å². The first-order chi connectivity index (χ1) is 11.9. The number of aromatic nitrogens is 2.